The van der Waals surface area contributed by atoms with Crippen molar-refractivity contribution in [3.63, 3.8) is 0 Å². The SMILES string of the molecule is CC(=O)C[C@@H](CCCC1CCCCC1)c1nc(C(C)=O)co1. The first kappa shape index (κ1) is 16.9. The molecule has 0 N–H and O–H groups in total. The van der Waals surface area contributed by atoms with E-state index in [4.69, 9.17) is 4.42 Å². The summed E-state index contributed by atoms with van der Waals surface area (Å²) in [6.45, 7) is 3.08. The Morgan fingerprint density at radius 3 is 2.59 bits per heavy atom. The minimum Gasteiger partial charge on any atom is -0.448 e. The number of rotatable bonds is 8. The van der Waals surface area contributed by atoms with Crippen LogP contribution in [0.15, 0.2) is 10.7 Å². The van der Waals surface area contributed by atoms with E-state index in [0.29, 0.717) is 18.0 Å². The van der Waals surface area contributed by atoms with Crippen LogP contribution in [0.3, 0.4) is 0 Å². The lowest BCUT2D eigenvalue weighted by molar-refractivity contribution is -0.117. The van der Waals surface area contributed by atoms with Crippen LogP contribution in [0.1, 0.15) is 93.9 Å². The summed E-state index contributed by atoms with van der Waals surface area (Å²) >= 11 is 0. The molecule has 1 heterocycles. The molecule has 2 rings (SSSR count). The predicted octanol–water partition coefficient (Wildman–Crippen LogP) is 4.69. The van der Waals surface area contributed by atoms with Gasteiger partial charge in [0.25, 0.3) is 0 Å². The van der Waals surface area contributed by atoms with Crippen molar-refractivity contribution in [2.45, 2.75) is 77.6 Å². The second-order valence-electron chi connectivity index (χ2n) is 6.67. The third kappa shape index (κ3) is 5.08. The van der Waals surface area contributed by atoms with Gasteiger partial charge in [-0.2, -0.15) is 0 Å². The van der Waals surface area contributed by atoms with Gasteiger partial charge in [-0.1, -0.05) is 44.9 Å². The van der Waals surface area contributed by atoms with E-state index in [1.54, 1.807) is 6.92 Å². The molecule has 0 aromatic carbocycles. The van der Waals surface area contributed by atoms with Crippen molar-refractivity contribution in [3.05, 3.63) is 17.8 Å². The number of aromatic nitrogens is 1. The monoisotopic (exact) mass is 305 g/mol. The smallest absolute Gasteiger partial charge is 0.198 e. The zero-order chi connectivity index (χ0) is 15.9. The first-order valence-corrected chi connectivity index (χ1v) is 8.52. The molecule has 0 aliphatic heterocycles. The molecule has 0 amide bonds. The maximum atomic E-state index is 11.5. The highest BCUT2D eigenvalue weighted by Crippen LogP contribution is 2.31. The van der Waals surface area contributed by atoms with Gasteiger partial charge in [0, 0.05) is 19.3 Å². The lowest BCUT2D eigenvalue weighted by atomic mass is 9.84. The predicted molar refractivity (Wildman–Crippen MR) is 85.0 cm³/mol. The van der Waals surface area contributed by atoms with Crippen LogP contribution < -0.4 is 0 Å². The first-order chi connectivity index (χ1) is 10.6. The van der Waals surface area contributed by atoms with Crippen LogP contribution in [0, 0.1) is 5.92 Å². The average Bonchev–Trinajstić information content (AvgIpc) is 2.97. The molecule has 22 heavy (non-hydrogen) atoms. The molecule has 1 aliphatic carbocycles. The summed E-state index contributed by atoms with van der Waals surface area (Å²) in [6, 6.07) is 0. The van der Waals surface area contributed by atoms with E-state index in [2.05, 4.69) is 4.98 Å². The number of oxazole rings is 1. The van der Waals surface area contributed by atoms with Gasteiger partial charge in [-0.3, -0.25) is 4.79 Å². The van der Waals surface area contributed by atoms with Gasteiger partial charge < -0.3 is 9.21 Å². The van der Waals surface area contributed by atoms with Crippen LogP contribution >= 0.6 is 0 Å². The molecule has 1 aliphatic rings. The standard InChI is InChI=1S/C18H27NO3/c1-13(20)11-16(18-19-17(12-22-18)14(2)21)10-6-9-15-7-4-3-5-8-15/h12,15-16H,3-11H2,1-2H3/t16-/m1/s1. The molecule has 1 saturated carbocycles. The second kappa shape index (κ2) is 8.25. The van der Waals surface area contributed by atoms with E-state index < -0.39 is 0 Å². The fourth-order valence-electron chi connectivity index (χ4n) is 3.43. The van der Waals surface area contributed by atoms with Crippen LogP contribution in [0.2, 0.25) is 0 Å². The fourth-order valence-corrected chi connectivity index (χ4v) is 3.43. The molecule has 1 aromatic rings. The normalized spacial score (nSPS) is 17.4. The lowest BCUT2D eigenvalue weighted by Gasteiger charge is -2.22. The van der Waals surface area contributed by atoms with Crippen LogP contribution in [-0.2, 0) is 4.79 Å². The molecule has 1 fully saturated rings. The third-order valence-electron chi connectivity index (χ3n) is 4.66. The molecule has 0 bridgehead atoms. The van der Waals surface area contributed by atoms with Crippen molar-refractivity contribution in [1.82, 2.24) is 4.98 Å². The van der Waals surface area contributed by atoms with Crippen molar-refractivity contribution in [2.24, 2.45) is 5.92 Å². The Morgan fingerprint density at radius 2 is 2.00 bits per heavy atom. The zero-order valence-electron chi connectivity index (χ0n) is 13.8. The van der Waals surface area contributed by atoms with E-state index in [0.717, 1.165) is 18.8 Å². The van der Waals surface area contributed by atoms with Gasteiger partial charge >= 0.3 is 0 Å². The Balaban J connectivity index is 1.90. The van der Waals surface area contributed by atoms with Crippen LogP contribution in [-0.4, -0.2) is 16.6 Å². The maximum absolute atomic E-state index is 11.5. The Hall–Kier alpha value is -1.45. The molecule has 0 unspecified atom stereocenters. The van der Waals surface area contributed by atoms with Crippen LogP contribution in [0.5, 0.6) is 0 Å². The molecular weight excluding hydrogens is 278 g/mol. The van der Waals surface area contributed by atoms with Crippen LogP contribution in [0.4, 0.5) is 0 Å². The number of ketones is 2. The van der Waals surface area contributed by atoms with E-state index in [9.17, 15) is 9.59 Å². The molecule has 1 aromatic heterocycles. The number of Topliss-reactive ketones (excluding diaryl/α,β-unsaturated/α-hetero) is 2. The molecule has 1 atom stereocenters. The van der Waals surface area contributed by atoms with Crippen molar-refractivity contribution < 1.29 is 14.0 Å². The highest BCUT2D eigenvalue weighted by Gasteiger charge is 2.21. The number of hydrogen-bond donors (Lipinski definition) is 0. The summed E-state index contributed by atoms with van der Waals surface area (Å²) in [5.74, 6) is 1.45. The van der Waals surface area contributed by atoms with Crippen molar-refractivity contribution >= 4 is 11.6 Å². The fraction of sp³-hybridized carbons (Fsp3) is 0.722. The topological polar surface area (TPSA) is 60.2 Å². The van der Waals surface area contributed by atoms with E-state index in [1.807, 2.05) is 0 Å². The van der Waals surface area contributed by atoms with Gasteiger partial charge in [-0.25, -0.2) is 4.98 Å². The van der Waals surface area contributed by atoms with E-state index in [1.165, 1.54) is 51.7 Å². The number of hydrogen-bond acceptors (Lipinski definition) is 4. The highest BCUT2D eigenvalue weighted by atomic mass is 16.3. The number of nitrogens with zero attached hydrogens (tertiary/aromatic N) is 1. The number of carbonyl (C=O) groups is 2. The maximum Gasteiger partial charge on any atom is 0.198 e. The quantitative estimate of drug-likeness (QED) is 0.654. The summed E-state index contributed by atoms with van der Waals surface area (Å²) in [4.78, 5) is 27.1. The zero-order valence-corrected chi connectivity index (χ0v) is 13.8. The summed E-state index contributed by atoms with van der Waals surface area (Å²) in [5, 5.41) is 0. The van der Waals surface area contributed by atoms with Crippen molar-refractivity contribution in [3.8, 4) is 0 Å². The van der Waals surface area contributed by atoms with Gasteiger partial charge in [-0.15, -0.1) is 0 Å². The first-order valence-electron chi connectivity index (χ1n) is 8.52. The van der Waals surface area contributed by atoms with Crippen molar-refractivity contribution in [1.29, 1.82) is 0 Å². The van der Waals surface area contributed by atoms with E-state index >= 15 is 0 Å². The average molecular weight is 305 g/mol. The second-order valence-corrected chi connectivity index (χ2v) is 6.67. The van der Waals surface area contributed by atoms with Gasteiger partial charge in [0.2, 0.25) is 0 Å². The Bertz CT molecular complexity index is 500. The summed E-state index contributed by atoms with van der Waals surface area (Å²) < 4.78 is 5.45. The Morgan fingerprint density at radius 1 is 1.27 bits per heavy atom. The third-order valence-corrected chi connectivity index (χ3v) is 4.66. The number of carbonyl (C=O) groups excluding carboxylic acids is 2. The molecule has 0 radical (unpaired) electrons. The Kier molecular flexibility index (Phi) is 6.34. The van der Waals surface area contributed by atoms with Gasteiger partial charge in [0.15, 0.2) is 11.7 Å². The molecule has 4 nitrogen and oxygen atoms in total. The molecule has 0 spiro atoms. The summed E-state index contributed by atoms with van der Waals surface area (Å²) in [6.07, 6.45) is 11.9. The molecule has 4 heteroatoms. The largest absolute Gasteiger partial charge is 0.448 e. The molecular formula is C18H27NO3. The van der Waals surface area contributed by atoms with Crippen LogP contribution in [0.25, 0.3) is 0 Å². The minimum atomic E-state index is -0.0984. The Labute approximate surface area is 132 Å². The molecule has 122 valence electrons. The van der Waals surface area contributed by atoms with Crippen molar-refractivity contribution in [2.75, 3.05) is 0 Å². The van der Waals surface area contributed by atoms with Gasteiger partial charge in [0.05, 0.1) is 0 Å². The summed E-state index contributed by atoms with van der Waals surface area (Å²) in [7, 11) is 0. The molecule has 0 saturated heterocycles. The highest BCUT2D eigenvalue weighted by molar-refractivity contribution is 5.91. The summed E-state index contributed by atoms with van der Waals surface area (Å²) in [5.41, 5.74) is 0.357. The minimum absolute atomic E-state index is 0.00851. The van der Waals surface area contributed by atoms with Gasteiger partial charge in [0.1, 0.15) is 17.7 Å². The van der Waals surface area contributed by atoms with E-state index in [-0.39, 0.29) is 17.5 Å². The lowest BCUT2D eigenvalue weighted by Crippen LogP contribution is -2.09. The van der Waals surface area contributed by atoms with Gasteiger partial charge in [-0.05, 0) is 19.3 Å².